The van der Waals surface area contributed by atoms with Crippen molar-refractivity contribution in [3.8, 4) is 0 Å². The second kappa shape index (κ2) is 4.39. The van der Waals surface area contributed by atoms with Gasteiger partial charge in [0.05, 0.1) is 6.61 Å². The van der Waals surface area contributed by atoms with Crippen LogP contribution >= 0.6 is 0 Å². The van der Waals surface area contributed by atoms with Gasteiger partial charge in [0, 0.05) is 6.20 Å². The fourth-order valence-electron chi connectivity index (χ4n) is 0.768. The van der Waals surface area contributed by atoms with Gasteiger partial charge in [-0.25, -0.2) is 13.4 Å². The molecule has 0 saturated carbocycles. The molecule has 0 aliphatic heterocycles. The van der Waals surface area contributed by atoms with Gasteiger partial charge in [0.25, 0.3) is 0 Å². The summed E-state index contributed by atoms with van der Waals surface area (Å²) in [5, 5.41) is 7.87. The number of pyridine rings is 1. The lowest BCUT2D eigenvalue weighted by atomic mass is 10.5. The highest BCUT2D eigenvalue weighted by molar-refractivity contribution is 7.93. The lowest BCUT2D eigenvalue weighted by Crippen LogP contribution is -2.28. The molecule has 0 aliphatic rings. The second-order valence-electron chi connectivity index (χ2n) is 2.86. The van der Waals surface area contributed by atoms with Gasteiger partial charge < -0.3 is 5.11 Å². The maximum absolute atomic E-state index is 11.4. The molecule has 1 atom stereocenters. The summed E-state index contributed by atoms with van der Waals surface area (Å²) in [4.78, 5) is 3.81. The number of anilines is 1. The molecule has 2 N–H and O–H groups in total. The van der Waals surface area contributed by atoms with Crippen molar-refractivity contribution in [3.63, 3.8) is 0 Å². The summed E-state index contributed by atoms with van der Waals surface area (Å²) >= 11 is 0. The molecule has 0 amide bonds. The standard InChI is InChI=1S/C8H12N2O3S/c1-7(6-11)14(12,13)10-8-4-2-3-5-9-8/h2-5,7,11H,6H2,1H3,(H,9,10). The van der Waals surface area contributed by atoms with Crippen LogP contribution in [0, 0.1) is 0 Å². The Morgan fingerprint density at radius 1 is 1.57 bits per heavy atom. The van der Waals surface area contributed by atoms with Gasteiger partial charge in [-0.1, -0.05) is 6.07 Å². The number of nitrogens with zero attached hydrogens (tertiary/aromatic N) is 1. The SMILES string of the molecule is CC(CO)S(=O)(=O)Nc1ccccn1. The van der Waals surface area contributed by atoms with Crippen LogP contribution in [0.1, 0.15) is 6.92 Å². The van der Waals surface area contributed by atoms with E-state index in [1.807, 2.05) is 0 Å². The van der Waals surface area contributed by atoms with Crippen LogP contribution in [-0.2, 0) is 10.0 Å². The molecule has 6 heteroatoms. The summed E-state index contributed by atoms with van der Waals surface area (Å²) in [5.41, 5.74) is 0. The van der Waals surface area contributed by atoms with Crippen LogP contribution < -0.4 is 4.72 Å². The van der Waals surface area contributed by atoms with Crippen molar-refractivity contribution in [2.45, 2.75) is 12.2 Å². The second-order valence-corrected chi connectivity index (χ2v) is 4.95. The summed E-state index contributed by atoms with van der Waals surface area (Å²) in [6.07, 6.45) is 1.49. The van der Waals surface area contributed by atoms with Crippen LogP contribution in [0.2, 0.25) is 0 Å². The van der Waals surface area contributed by atoms with Crippen LogP contribution in [0.3, 0.4) is 0 Å². The van der Waals surface area contributed by atoms with Crippen molar-refractivity contribution in [1.82, 2.24) is 4.98 Å². The van der Waals surface area contributed by atoms with E-state index in [-0.39, 0.29) is 5.82 Å². The zero-order chi connectivity index (χ0) is 10.6. The van der Waals surface area contributed by atoms with E-state index in [2.05, 4.69) is 9.71 Å². The summed E-state index contributed by atoms with van der Waals surface area (Å²) in [6, 6.07) is 4.91. The molecule has 1 aromatic rings. The number of hydrogen-bond donors (Lipinski definition) is 2. The molecular weight excluding hydrogens is 204 g/mol. The molecule has 1 aromatic heterocycles. The Balaban J connectivity index is 2.79. The summed E-state index contributed by atoms with van der Waals surface area (Å²) in [7, 11) is -3.53. The van der Waals surface area contributed by atoms with Gasteiger partial charge in [-0.15, -0.1) is 0 Å². The maximum atomic E-state index is 11.4. The Hall–Kier alpha value is -1.14. The Morgan fingerprint density at radius 2 is 2.29 bits per heavy atom. The molecule has 0 aromatic carbocycles. The van der Waals surface area contributed by atoms with Crippen molar-refractivity contribution in [3.05, 3.63) is 24.4 Å². The van der Waals surface area contributed by atoms with Gasteiger partial charge in [0.1, 0.15) is 11.1 Å². The van der Waals surface area contributed by atoms with Crippen molar-refractivity contribution in [1.29, 1.82) is 0 Å². The quantitative estimate of drug-likeness (QED) is 0.753. The fraction of sp³-hybridized carbons (Fsp3) is 0.375. The van der Waals surface area contributed by atoms with E-state index in [4.69, 9.17) is 5.11 Å². The molecule has 78 valence electrons. The summed E-state index contributed by atoms with van der Waals surface area (Å²) in [5.74, 6) is 0.257. The Morgan fingerprint density at radius 3 is 2.79 bits per heavy atom. The zero-order valence-electron chi connectivity index (χ0n) is 7.71. The third-order valence-electron chi connectivity index (χ3n) is 1.70. The summed E-state index contributed by atoms with van der Waals surface area (Å²) < 4.78 is 25.1. The fourth-order valence-corrected chi connectivity index (χ4v) is 1.58. The number of aliphatic hydroxyl groups is 1. The topological polar surface area (TPSA) is 79.3 Å². The van der Waals surface area contributed by atoms with Crippen molar-refractivity contribution >= 4 is 15.8 Å². The smallest absolute Gasteiger partial charge is 0.238 e. The Labute approximate surface area is 82.9 Å². The first-order chi connectivity index (χ1) is 6.56. The molecular formula is C8H12N2O3S. The molecule has 1 rings (SSSR count). The van der Waals surface area contributed by atoms with E-state index >= 15 is 0 Å². The van der Waals surface area contributed by atoms with E-state index in [0.29, 0.717) is 0 Å². The largest absolute Gasteiger partial charge is 0.395 e. The van der Waals surface area contributed by atoms with E-state index in [9.17, 15) is 8.42 Å². The number of nitrogens with one attached hydrogen (secondary N) is 1. The predicted octanol–water partition coefficient (Wildman–Crippen LogP) is 0.204. The summed E-state index contributed by atoms with van der Waals surface area (Å²) in [6.45, 7) is 1.01. The average Bonchev–Trinajstić information content (AvgIpc) is 2.17. The monoisotopic (exact) mass is 216 g/mol. The minimum Gasteiger partial charge on any atom is -0.395 e. The third kappa shape index (κ3) is 2.68. The number of rotatable bonds is 4. The number of hydrogen-bond acceptors (Lipinski definition) is 4. The highest BCUT2D eigenvalue weighted by Gasteiger charge is 2.19. The predicted molar refractivity (Wildman–Crippen MR) is 53.3 cm³/mol. The molecule has 14 heavy (non-hydrogen) atoms. The number of aromatic nitrogens is 1. The highest BCUT2D eigenvalue weighted by Crippen LogP contribution is 2.07. The van der Waals surface area contributed by atoms with Crippen molar-refractivity contribution in [2.24, 2.45) is 0 Å². The van der Waals surface area contributed by atoms with E-state index in [1.54, 1.807) is 18.2 Å². The molecule has 0 aliphatic carbocycles. The third-order valence-corrected chi connectivity index (χ3v) is 3.40. The number of sulfonamides is 1. The number of aliphatic hydroxyl groups excluding tert-OH is 1. The molecule has 0 fully saturated rings. The van der Waals surface area contributed by atoms with Crippen LogP contribution in [0.15, 0.2) is 24.4 Å². The molecule has 1 unspecified atom stereocenters. The maximum Gasteiger partial charge on any atom is 0.238 e. The average molecular weight is 216 g/mol. The molecule has 0 saturated heterocycles. The minimum absolute atomic E-state index is 0.257. The van der Waals surface area contributed by atoms with Crippen molar-refractivity contribution < 1.29 is 13.5 Å². The first-order valence-corrected chi connectivity index (χ1v) is 5.64. The lowest BCUT2D eigenvalue weighted by Gasteiger charge is -2.11. The van der Waals surface area contributed by atoms with Crippen LogP contribution in [-0.4, -0.2) is 30.4 Å². The van der Waals surface area contributed by atoms with Gasteiger partial charge in [-0.2, -0.15) is 0 Å². The normalized spacial score (nSPS) is 13.6. The molecule has 0 bridgehead atoms. The minimum atomic E-state index is -3.53. The molecule has 0 radical (unpaired) electrons. The van der Waals surface area contributed by atoms with Crippen LogP contribution in [0.5, 0.6) is 0 Å². The van der Waals surface area contributed by atoms with E-state index in [1.165, 1.54) is 13.1 Å². The van der Waals surface area contributed by atoms with Gasteiger partial charge in [0.15, 0.2) is 0 Å². The van der Waals surface area contributed by atoms with Gasteiger partial charge >= 0.3 is 0 Å². The molecule has 0 spiro atoms. The van der Waals surface area contributed by atoms with E-state index < -0.39 is 21.9 Å². The first kappa shape index (κ1) is 10.9. The molecule has 1 heterocycles. The van der Waals surface area contributed by atoms with E-state index in [0.717, 1.165) is 0 Å². The van der Waals surface area contributed by atoms with Gasteiger partial charge in [-0.05, 0) is 19.1 Å². The molecule has 5 nitrogen and oxygen atoms in total. The van der Waals surface area contributed by atoms with Crippen LogP contribution in [0.4, 0.5) is 5.82 Å². The van der Waals surface area contributed by atoms with Crippen LogP contribution in [0.25, 0.3) is 0 Å². The Bertz CT molecular complexity index is 377. The van der Waals surface area contributed by atoms with Crippen molar-refractivity contribution in [2.75, 3.05) is 11.3 Å². The zero-order valence-corrected chi connectivity index (χ0v) is 8.53. The van der Waals surface area contributed by atoms with Gasteiger partial charge in [-0.3, -0.25) is 4.72 Å². The van der Waals surface area contributed by atoms with Gasteiger partial charge in [0.2, 0.25) is 10.0 Å². The Kier molecular flexibility index (Phi) is 3.43. The lowest BCUT2D eigenvalue weighted by molar-refractivity contribution is 0.296. The first-order valence-electron chi connectivity index (χ1n) is 4.10. The highest BCUT2D eigenvalue weighted by atomic mass is 32.2.